The van der Waals surface area contributed by atoms with Gasteiger partial charge >= 0.3 is 5.97 Å². The summed E-state index contributed by atoms with van der Waals surface area (Å²) >= 11 is 0. The van der Waals surface area contributed by atoms with Crippen molar-refractivity contribution in [3.8, 4) is 0 Å². The zero-order chi connectivity index (χ0) is 13.2. The lowest BCUT2D eigenvalue weighted by atomic mass is 9.82. The molecular weight excluding hydrogens is 230 g/mol. The SMILES string of the molecule is CCCC1(C(=O)O)CCN(C2CC(OCC)C2)C1. The van der Waals surface area contributed by atoms with Gasteiger partial charge in [-0.1, -0.05) is 13.3 Å². The third-order valence-electron chi connectivity index (χ3n) is 4.55. The molecule has 1 aliphatic carbocycles. The van der Waals surface area contributed by atoms with Crippen LogP contribution in [0.5, 0.6) is 0 Å². The Morgan fingerprint density at radius 3 is 2.72 bits per heavy atom. The Hall–Kier alpha value is -0.610. The lowest BCUT2D eigenvalue weighted by Crippen LogP contribution is -2.48. The summed E-state index contributed by atoms with van der Waals surface area (Å²) < 4.78 is 5.57. The van der Waals surface area contributed by atoms with Crippen LogP contribution in [-0.4, -0.2) is 47.8 Å². The summed E-state index contributed by atoms with van der Waals surface area (Å²) in [5.41, 5.74) is -0.481. The second kappa shape index (κ2) is 5.57. The Labute approximate surface area is 109 Å². The van der Waals surface area contributed by atoms with Gasteiger partial charge in [0.1, 0.15) is 0 Å². The number of carboxylic acids is 1. The minimum atomic E-state index is -0.604. The van der Waals surface area contributed by atoms with Gasteiger partial charge in [0, 0.05) is 19.2 Å². The molecule has 0 amide bonds. The van der Waals surface area contributed by atoms with Crippen LogP contribution in [0, 0.1) is 5.41 Å². The Morgan fingerprint density at radius 1 is 1.44 bits per heavy atom. The van der Waals surface area contributed by atoms with E-state index in [-0.39, 0.29) is 0 Å². The van der Waals surface area contributed by atoms with Gasteiger partial charge in [-0.2, -0.15) is 0 Å². The fourth-order valence-electron chi connectivity index (χ4n) is 3.39. The molecule has 1 aliphatic heterocycles. The first kappa shape index (κ1) is 13.8. The first-order valence-electron chi connectivity index (χ1n) is 7.20. The van der Waals surface area contributed by atoms with Crippen LogP contribution in [-0.2, 0) is 9.53 Å². The number of carbonyl (C=O) groups is 1. The number of likely N-dealkylation sites (tertiary alicyclic amines) is 1. The Kier molecular flexibility index (Phi) is 4.28. The van der Waals surface area contributed by atoms with Gasteiger partial charge in [-0.05, 0) is 39.2 Å². The normalized spacial score (nSPS) is 36.6. The molecule has 2 fully saturated rings. The molecule has 1 unspecified atom stereocenters. The number of rotatable bonds is 6. The summed E-state index contributed by atoms with van der Waals surface area (Å²) in [6, 6.07) is 0.555. The van der Waals surface area contributed by atoms with Crippen molar-refractivity contribution in [2.24, 2.45) is 5.41 Å². The molecule has 2 aliphatic rings. The Morgan fingerprint density at radius 2 is 2.17 bits per heavy atom. The summed E-state index contributed by atoms with van der Waals surface area (Å²) in [7, 11) is 0. The highest BCUT2D eigenvalue weighted by atomic mass is 16.5. The van der Waals surface area contributed by atoms with Crippen molar-refractivity contribution < 1.29 is 14.6 Å². The highest BCUT2D eigenvalue weighted by Crippen LogP contribution is 2.40. The summed E-state index contributed by atoms with van der Waals surface area (Å²) in [6.07, 6.45) is 5.13. The van der Waals surface area contributed by atoms with Crippen molar-refractivity contribution in [2.75, 3.05) is 19.7 Å². The van der Waals surface area contributed by atoms with E-state index in [2.05, 4.69) is 11.8 Å². The van der Waals surface area contributed by atoms with E-state index in [4.69, 9.17) is 4.74 Å². The highest BCUT2D eigenvalue weighted by molar-refractivity contribution is 5.75. The molecule has 0 bridgehead atoms. The van der Waals surface area contributed by atoms with E-state index in [0.29, 0.717) is 12.1 Å². The van der Waals surface area contributed by atoms with Gasteiger partial charge in [0.25, 0.3) is 0 Å². The molecule has 0 aromatic heterocycles. The standard InChI is InChI=1S/C14H25NO3/c1-3-5-14(13(16)17)6-7-15(10-14)11-8-12(9-11)18-4-2/h11-12H,3-10H2,1-2H3,(H,16,17). The largest absolute Gasteiger partial charge is 0.481 e. The molecule has 1 heterocycles. The van der Waals surface area contributed by atoms with Crippen molar-refractivity contribution in [1.29, 1.82) is 0 Å². The van der Waals surface area contributed by atoms with Gasteiger partial charge in [-0.3, -0.25) is 9.69 Å². The fraction of sp³-hybridized carbons (Fsp3) is 0.929. The maximum atomic E-state index is 11.5. The number of hydrogen-bond donors (Lipinski definition) is 1. The Bertz CT molecular complexity index is 301. The molecule has 1 saturated heterocycles. The zero-order valence-corrected chi connectivity index (χ0v) is 11.5. The van der Waals surface area contributed by atoms with E-state index < -0.39 is 11.4 Å². The first-order valence-corrected chi connectivity index (χ1v) is 7.20. The average Bonchev–Trinajstić information content (AvgIpc) is 2.69. The van der Waals surface area contributed by atoms with Crippen LogP contribution in [0.4, 0.5) is 0 Å². The van der Waals surface area contributed by atoms with Gasteiger partial charge in [-0.25, -0.2) is 0 Å². The third kappa shape index (κ3) is 2.54. The van der Waals surface area contributed by atoms with Crippen molar-refractivity contribution >= 4 is 5.97 Å². The molecule has 1 N–H and O–H groups in total. The molecule has 0 aromatic rings. The molecule has 1 saturated carbocycles. The van der Waals surface area contributed by atoms with Crippen molar-refractivity contribution in [2.45, 2.75) is 58.1 Å². The second-order valence-electron chi connectivity index (χ2n) is 5.76. The lowest BCUT2D eigenvalue weighted by molar-refractivity contribution is -0.149. The lowest BCUT2D eigenvalue weighted by Gasteiger charge is -2.41. The molecule has 4 heteroatoms. The second-order valence-corrected chi connectivity index (χ2v) is 5.76. The monoisotopic (exact) mass is 255 g/mol. The van der Waals surface area contributed by atoms with E-state index >= 15 is 0 Å². The Balaban J connectivity index is 1.86. The minimum Gasteiger partial charge on any atom is -0.481 e. The zero-order valence-electron chi connectivity index (χ0n) is 11.5. The molecule has 4 nitrogen and oxygen atoms in total. The molecule has 104 valence electrons. The van der Waals surface area contributed by atoms with Gasteiger partial charge in [0.2, 0.25) is 0 Å². The van der Waals surface area contributed by atoms with Crippen LogP contribution >= 0.6 is 0 Å². The summed E-state index contributed by atoms with van der Waals surface area (Å²) in [5.74, 6) is -0.604. The van der Waals surface area contributed by atoms with Crippen LogP contribution in [0.15, 0.2) is 0 Å². The topological polar surface area (TPSA) is 49.8 Å². The van der Waals surface area contributed by atoms with Crippen molar-refractivity contribution in [3.63, 3.8) is 0 Å². The van der Waals surface area contributed by atoms with E-state index in [1.54, 1.807) is 0 Å². The number of ether oxygens (including phenoxy) is 1. The summed E-state index contributed by atoms with van der Waals surface area (Å²) in [4.78, 5) is 13.9. The smallest absolute Gasteiger partial charge is 0.310 e. The molecule has 18 heavy (non-hydrogen) atoms. The molecule has 2 rings (SSSR count). The average molecular weight is 255 g/mol. The van der Waals surface area contributed by atoms with Gasteiger partial charge in [-0.15, -0.1) is 0 Å². The van der Waals surface area contributed by atoms with E-state index in [1.807, 2.05) is 6.92 Å². The molecule has 1 atom stereocenters. The third-order valence-corrected chi connectivity index (χ3v) is 4.55. The maximum Gasteiger partial charge on any atom is 0.310 e. The number of carboxylic acid groups (broad SMARTS) is 1. The van der Waals surface area contributed by atoms with Crippen LogP contribution in [0.3, 0.4) is 0 Å². The number of nitrogens with zero attached hydrogens (tertiary/aromatic N) is 1. The predicted molar refractivity (Wildman–Crippen MR) is 69.6 cm³/mol. The van der Waals surface area contributed by atoms with Crippen LogP contribution in [0.1, 0.15) is 46.0 Å². The first-order chi connectivity index (χ1) is 8.61. The van der Waals surface area contributed by atoms with Gasteiger partial charge < -0.3 is 9.84 Å². The van der Waals surface area contributed by atoms with Crippen molar-refractivity contribution in [3.05, 3.63) is 0 Å². The predicted octanol–water partition coefficient (Wildman–Crippen LogP) is 2.13. The molecular formula is C14H25NO3. The molecule has 0 radical (unpaired) electrons. The maximum absolute atomic E-state index is 11.5. The number of hydrogen-bond acceptors (Lipinski definition) is 3. The van der Waals surface area contributed by atoms with Crippen molar-refractivity contribution in [1.82, 2.24) is 4.90 Å². The van der Waals surface area contributed by atoms with Crippen LogP contribution < -0.4 is 0 Å². The summed E-state index contributed by atoms with van der Waals surface area (Å²) in [5, 5.41) is 9.47. The van der Waals surface area contributed by atoms with E-state index in [0.717, 1.165) is 51.8 Å². The van der Waals surface area contributed by atoms with E-state index in [9.17, 15) is 9.90 Å². The summed E-state index contributed by atoms with van der Waals surface area (Å²) in [6.45, 7) is 6.56. The minimum absolute atomic E-state index is 0.408. The van der Waals surface area contributed by atoms with Crippen LogP contribution in [0.25, 0.3) is 0 Å². The van der Waals surface area contributed by atoms with Gasteiger partial charge in [0.15, 0.2) is 0 Å². The molecule has 0 aromatic carbocycles. The quantitative estimate of drug-likeness (QED) is 0.790. The number of aliphatic carboxylic acids is 1. The van der Waals surface area contributed by atoms with Crippen LogP contribution in [0.2, 0.25) is 0 Å². The van der Waals surface area contributed by atoms with Gasteiger partial charge in [0.05, 0.1) is 11.5 Å². The highest BCUT2D eigenvalue weighted by Gasteiger charge is 2.47. The fourth-order valence-corrected chi connectivity index (χ4v) is 3.39. The molecule has 0 spiro atoms. The van der Waals surface area contributed by atoms with E-state index in [1.165, 1.54) is 0 Å².